The summed E-state index contributed by atoms with van der Waals surface area (Å²) in [5.41, 5.74) is 0. The molecule has 0 aliphatic carbocycles. The van der Waals surface area contributed by atoms with Gasteiger partial charge in [-0.25, -0.2) is 12.7 Å². The molecule has 3 saturated heterocycles. The van der Waals surface area contributed by atoms with E-state index in [1.165, 1.54) is 6.26 Å². The first kappa shape index (κ1) is 17.2. The summed E-state index contributed by atoms with van der Waals surface area (Å²) in [5, 5.41) is 0. The van der Waals surface area contributed by atoms with Crippen LogP contribution in [-0.4, -0.2) is 67.2 Å². The molecule has 23 heavy (non-hydrogen) atoms. The predicted octanol–water partition coefficient (Wildman–Crippen LogP) is 1.36. The minimum Gasteiger partial charge on any atom is -0.375 e. The number of hydrogen-bond acceptors (Lipinski definition) is 4. The highest BCUT2D eigenvalue weighted by atomic mass is 32.2. The highest BCUT2D eigenvalue weighted by molar-refractivity contribution is 7.88. The molecule has 3 fully saturated rings. The summed E-state index contributed by atoms with van der Waals surface area (Å²) in [4.78, 5) is 14.2. The van der Waals surface area contributed by atoms with Crippen molar-refractivity contribution in [2.45, 2.75) is 76.2 Å². The van der Waals surface area contributed by atoms with Gasteiger partial charge >= 0.3 is 0 Å². The molecule has 132 valence electrons. The summed E-state index contributed by atoms with van der Waals surface area (Å²) in [6, 6.07) is 0.699. The standard InChI is InChI=1S/C16H28N2O4S/c1-3-16(19)18-12-4-5-13(18)11-15(10-12)22-14-6-8-17(9-7-14)23(2,20)21/h12-15H,3-11H2,1-2H3/t12-,13+,15?. The Bertz CT molecular complexity index is 528. The molecule has 6 nitrogen and oxygen atoms in total. The van der Waals surface area contributed by atoms with E-state index < -0.39 is 10.0 Å². The van der Waals surface area contributed by atoms with Gasteiger partial charge in [0.15, 0.2) is 0 Å². The third kappa shape index (κ3) is 3.72. The second-order valence-electron chi connectivity index (χ2n) is 7.13. The number of piperidine rings is 2. The average Bonchev–Trinajstić information content (AvgIpc) is 2.77. The zero-order valence-corrected chi connectivity index (χ0v) is 14.9. The van der Waals surface area contributed by atoms with E-state index in [0.717, 1.165) is 38.5 Å². The highest BCUT2D eigenvalue weighted by Gasteiger charge is 2.43. The first-order valence-corrected chi connectivity index (χ1v) is 10.6. The van der Waals surface area contributed by atoms with Crippen LogP contribution in [0.3, 0.4) is 0 Å². The summed E-state index contributed by atoms with van der Waals surface area (Å²) in [5.74, 6) is 0.275. The van der Waals surface area contributed by atoms with E-state index in [-0.39, 0.29) is 18.1 Å². The number of rotatable bonds is 4. The monoisotopic (exact) mass is 344 g/mol. The molecule has 0 N–H and O–H groups in total. The van der Waals surface area contributed by atoms with Gasteiger partial charge in [-0.05, 0) is 38.5 Å². The zero-order chi connectivity index (χ0) is 16.6. The summed E-state index contributed by atoms with van der Waals surface area (Å²) in [7, 11) is -3.08. The second kappa shape index (κ2) is 6.69. The number of nitrogens with zero attached hydrogens (tertiary/aromatic N) is 2. The van der Waals surface area contributed by atoms with Gasteiger partial charge in [-0.3, -0.25) is 4.79 Å². The quantitative estimate of drug-likeness (QED) is 0.772. The van der Waals surface area contributed by atoms with Crippen LogP contribution in [0.25, 0.3) is 0 Å². The van der Waals surface area contributed by atoms with E-state index in [0.29, 0.717) is 31.6 Å². The van der Waals surface area contributed by atoms with Crippen LogP contribution < -0.4 is 0 Å². The Morgan fingerprint density at radius 3 is 2.09 bits per heavy atom. The lowest BCUT2D eigenvalue weighted by atomic mass is 9.98. The second-order valence-corrected chi connectivity index (χ2v) is 9.11. The number of carbonyl (C=O) groups is 1. The maximum Gasteiger partial charge on any atom is 0.222 e. The number of fused-ring (bicyclic) bond motifs is 2. The molecule has 0 spiro atoms. The maximum atomic E-state index is 12.1. The van der Waals surface area contributed by atoms with Gasteiger partial charge in [0.05, 0.1) is 18.5 Å². The lowest BCUT2D eigenvalue weighted by Crippen LogP contribution is -2.49. The first-order chi connectivity index (χ1) is 10.9. The fraction of sp³-hybridized carbons (Fsp3) is 0.938. The van der Waals surface area contributed by atoms with E-state index in [4.69, 9.17) is 4.74 Å². The first-order valence-electron chi connectivity index (χ1n) is 8.80. The SMILES string of the molecule is CCC(=O)N1[C@@H]2CC[C@H]1CC(OC1CCN(S(C)(=O)=O)CC1)C2. The van der Waals surface area contributed by atoms with Gasteiger partial charge in [-0.15, -0.1) is 0 Å². The van der Waals surface area contributed by atoms with Crippen molar-refractivity contribution in [2.24, 2.45) is 0 Å². The lowest BCUT2D eigenvalue weighted by Gasteiger charge is -2.41. The predicted molar refractivity (Wildman–Crippen MR) is 87.5 cm³/mol. The topological polar surface area (TPSA) is 66.9 Å². The fourth-order valence-corrected chi connectivity index (χ4v) is 5.27. The Kier molecular flexibility index (Phi) is 4.99. The normalized spacial score (nSPS) is 33.1. The molecular formula is C16H28N2O4S. The number of sulfonamides is 1. The van der Waals surface area contributed by atoms with Gasteiger partial charge < -0.3 is 9.64 Å². The van der Waals surface area contributed by atoms with Crippen LogP contribution >= 0.6 is 0 Å². The molecule has 3 atom stereocenters. The molecule has 7 heteroatoms. The van der Waals surface area contributed by atoms with Crippen LogP contribution in [0.2, 0.25) is 0 Å². The molecule has 3 heterocycles. The van der Waals surface area contributed by atoms with Crippen molar-refractivity contribution in [3.8, 4) is 0 Å². The van der Waals surface area contributed by atoms with Crippen molar-refractivity contribution in [3.05, 3.63) is 0 Å². The Morgan fingerprint density at radius 2 is 1.61 bits per heavy atom. The molecule has 0 saturated carbocycles. The van der Waals surface area contributed by atoms with E-state index in [2.05, 4.69) is 4.90 Å². The van der Waals surface area contributed by atoms with Crippen molar-refractivity contribution in [1.82, 2.24) is 9.21 Å². The average molecular weight is 344 g/mol. The van der Waals surface area contributed by atoms with Crippen LogP contribution in [0, 0.1) is 0 Å². The smallest absolute Gasteiger partial charge is 0.222 e. The molecule has 0 aromatic carbocycles. The van der Waals surface area contributed by atoms with Gasteiger partial charge in [0.25, 0.3) is 0 Å². The van der Waals surface area contributed by atoms with Gasteiger partial charge in [0.2, 0.25) is 15.9 Å². The van der Waals surface area contributed by atoms with Crippen LogP contribution in [0.4, 0.5) is 0 Å². The van der Waals surface area contributed by atoms with E-state index in [9.17, 15) is 13.2 Å². The molecule has 1 amide bonds. The number of carbonyl (C=O) groups excluding carboxylic acids is 1. The molecule has 0 aromatic rings. The summed E-state index contributed by atoms with van der Waals surface area (Å²) >= 11 is 0. The summed E-state index contributed by atoms with van der Waals surface area (Å²) < 4.78 is 30.9. The molecule has 3 aliphatic heterocycles. The van der Waals surface area contributed by atoms with Crippen molar-refractivity contribution in [1.29, 1.82) is 0 Å². The van der Waals surface area contributed by atoms with Crippen LogP contribution in [0.15, 0.2) is 0 Å². The Balaban J connectivity index is 1.51. The molecular weight excluding hydrogens is 316 g/mol. The van der Waals surface area contributed by atoms with Crippen molar-refractivity contribution in [2.75, 3.05) is 19.3 Å². The van der Waals surface area contributed by atoms with Gasteiger partial charge in [-0.1, -0.05) is 6.92 Å². The largest absolute Gasteiger partial charge is 0.375 e. The summed E-state index contributed by atoms with van der Waals surface area (Å²) in [6.45, 7) is 3.05. The maximum absolute atomic E-state index is 12.1. The Hall–Kier alpha value is -0.660. The third-order valence-electron chi connectivity index (χ3n) is 5.54. The minimum absolute atomic E-state index is 0.158. The van der Waals surface area contributed by atoms with E-state index in [1.807, 2.05) is 6.92 Å². The van der Waals surface area contributed by atoms with E-state index >= 15 is 0 Å². The Morgan fingerprint density at radius 1 is 1.04 bits per heavy atom. The van der Waals surface area contributed by atoms with E-state index in [1.54, 1.807) is 4.31 Å². The van der Waals surface area contributed by atoms with Gasteiger partial charge in [-0.2, -0.15) is 0 Å². The molecule has 3 aliphatic rings. The summed E-state index contributed by atoms with van der Waals surface area (Å²) in [6.07, 6.45) is 7.87. The van der Waals surface area contributed by atoms with Crippen LogP contribution in [0.5, 0.6) is 0 Å². The van der Waals surface area contributed by atoms with Crippen molar-refractivity contribution >= 4 is 15.9 Å². The fourth-order valence-electron chi connectivity index (χ4n) is 4.40. The number of amides is 1. The molecule has 1 unspecified atom stereocenters. The highest BCUT2D eigenvalue weighted by Crippen LogP contribution is 2.38. The zero-order valence-electron chi connectivity index (χ0n) is 14.1. The number of ether oxygens (including phenoxy) is 1. The third-order valence-corrected chi connectivity index (χ3v) is 6.84. The van der Waals surface area contributed by atoms with Crippen LogP contribution in [-0.2, 0) is 19.6 Å². The molecule has 2 bridgehead atoms. The van der Waals surface area contributed by atoms with Crippen molar-refractivity contribution in [3.63, 3.8) is 0 Å². The Labute approximate surface area is 139 Å². The molecule has 3 rings (SSSR count). The molecule has 0 radical (unpaired) electrons. The number of hydrogen-bond donors (Lipinski definition) is 0. The lowest BCUT2D eigenvalue weighted by molar-refractivity contribution is -0.140. The van der Waals surface area contributed by atoms with Gasteiger partial charge in [0.1, 0.15) is 0 Å². The van der Waals surface area contributed by atoms with Crippen molar-refractivity contribution < 1.29 is 17.9 Å². The molecule has 0 aromatic heterocycles. The minimum atomic E-state index is -3.08. The van der Waals surface area contributed by atoms with Crippen LogP contribution in [0.1, 0.15) is 51.9 Å². The van der Waals surface area contributed by atoms with Gasteiger partial charge in [0, 0.05) is 31.6 Å².